The first-order valence-electron chi connectivity index (χ1n) is 5.88. The lowest BCUT2D eigenvalue weighted by Crippen LogP contribution is -2.23. The Kier molecular flexibility index (Phi) is 3.88. The third kappa shape index (κ3) is 2.49. The van der Waals surface area contributed by atoms with Gasteiger partial charge < -0.3 is 9.88 Å². The van der Waals surface area contributed by atoms with Crippen molar-refractivity contribution in [1.29, 1.82) is 0 Å². The number of fused-ring (bicyclic) bond motifs is 1. The summed E-state index contributed by atoms with van der Waals surface area (Å²) in [6.45, 7) is 2.06. The maximum Gasteiger partial charge on any atom is 0.125 e. The Morgan fingerprint density at radius 1 is 1.28 bits per heavy atom. The molecule has 0 saturated heterocycles. The number of halogens is 2. The molecule has 0 amide bonds. The van der Waals surface area contributed by atoms with E-state index < -0.39 is 0 Å². The van der Waals surface area contributed by atoms with Crippen LogP contribution in [-0.4, -0.2) is 30.0 Å². The third-order valence-electron chi connectivity index (χ3n) is 3.34. The van der Waals surface area contributed by atoms with Gasteiger partial charge in [0.05, 0.1) is 0 Å². The number of aromatic amines is 1. The van der Waals surface area contributed by atoms with Crippen molar-refractivity contribution < 1.29 is 4.39 Å². The smallest absolute Gasteiger partial charge is 0.125 e. The Balaban J connectivity index is 0.00000120. The van der Waals surface area contributed by atoms with Crippen LogP contribution in [0.2, 0.25) is 0 Å². The molecule has 2 aromatic rings. The van der Waals surface area contributed by atoms with Crippen LogP contribution in [0.4, 0.5) is 4.39 Å². The van der Waals surface area contributed by atoms with Crippen LogP contribution in [-0.2, 0) is 0 Å². The van der Waals surface area contributed by atoms with E-state index in [4.69, 9.17) is 0 Å². The van der Waals surface area contributed by atoms with E-state index in [1.807, 2.05) is 6.07 Å². The van der Waals surface area contributed by atoms with Crippen molar-refractivity contribution in [2.45, 2.75) is 6.42 Å². The largest absolute Gasteiger partial charge is 0.355 e. The first kappa shape index (κ1) is 13.3. The first-order chi connectivity index (χ1) is 8.22. The highest BCUT2D eigenvalue weighted by atomic mass is 79.9. The fourth-order valence-electron chi connectivity index (χ4n) is 2.29. The monoisotopic (exact) mass is 310 g/mol. The first-order valence-corrected chi connectivity index (χ1v) is 5.88. The van der Waals surface area contributed by atoms with Gasteiger partial charge in [-0.3, -0.25) is 0 Å². The van der Waals surface area contributed by atoms with Crippen molar-refractivity contribution in [1.82, 2.24) is 9.88 Å². The predicted octanol–water partition coefficient (Wildman–Crippen LogP) is 3.60. The summed E-state index contributed by atoms with van der Waals surface area (Å²) in [7, 11) is 2.12. The van der Waals surface area contributed by atoms with E-state index in [0.717, 1.165) is 36.1 Å². The molecule has 0 spiro atoms. The Hall–Kier alpha value is -1.13. The van der Waals surface area contributed by atoms with Crippen molar-refractivity contribution in [3.05, 3.63) is 41.9 Å². The number of benzene rings is 1. The molecule has 0 unspecified atom stereocenters. The van der Waals surface area contributed by atoms with Crippen molar-refractivity contribution in [3.8, 4) is 0 Å². The molecular weight excluding hydrogens is 295 g/mol. The van der Waals surface area contributed by atoms with Gasteiger partial charge in [0.15, 0.2) is 0 Å². The lowest BCUT2D eigenvalue weighted by Gasteiger charge is -2.21. The van der Waals surface area contributed by atoms with Gasteiger partial charge in [0, 0.05) is 29.7 Å². The van der Waals surface area contributed by atoms with Crippen LogP contribution in [0.3, 0.4) is 0 Å². The molecule has 1 aliphatic rings. The van der Waals surface area contributed by atoms with Gasteiger partial charge in [-0.15, -0.1) is 17.0 Å². The molecule has 18 heavy (non-hydrogen) atoms. The molecule has 4 heteroatoms. The fraction of sp³-hybridized carbons (Fsp3) is 0.286. The molecule has 0 atom stereocenters. The second-order valence-electron chi connectivity index (χ2n) is 4.66. The van der Waals surface area contributed by atoms with Crippen molar-refractivity contribution in [3.63, 3.8) is 0 Å². The van der Waals surface area contributed by atoms with Gasteiger partial charge in [0.2, 0.25) is 0 Å². The van der Waals surface area contributed by atoms with Crippen molar-refractivity contribution in [2.24, 2.45) is 0 Å². The van der Waals surface area contributed by atoms with Crippen molar-refractivity contribution in [2.75, 3.05) is 20.1 Å². The Bertz CT molecular complexity index is 588. The number of H-pyrrole nitrogens is 1. The highest BCUT2D eigenvalue weighted by Gasteiger charge is 2.11. The molecular formula is C14H16BrFN2. The second-order valence-corrected chi connectivity index (χ2v) is 4.66. The summed E-state index contributed by atoms with van der Waals surface area (Å²) in [5.74, 6) is -0.191. The minimum absolute atomic E-state index is 0. The van der Waals surface area contributed by atoms with Crippen LogP contribution < -0.4 is 0 Å². The molecule has 2 nitrogen and oxygen atoms in total. The predicted molar refractivity (Wildman–Crippen MR) is 78.7 cm³/mol. The molecule has 1 aromatic heterocycles. The zero-order valence-electron chi connectivity index (χ0n) is 10.2. The molecule has 0 bridgehead atoms. The summed E-state index contributed by atoms with van der Waals surface area (Å²) in [4.78, 5) is 5.58. The van der Waals surface area contributed by atoms with Gasteiger partial charge in [-0.25, -0.2) is 4.39 Å². The van der Waals surface area contributed by atoms with Crippen LogP contribution in [0.1, 0.15) is 12.1 Å². The Morgan fingerprint density at radius 3 is 2.83 bits per heavy atom. The van der Waals surface area contributed by atoms with Gasteiger partial charge in [-0.05, 0) is 43.3 Å². The number of hydrogen-bond donors (Lipinski definition) is 1. The molecule has 0 radical (unpaired) electrons. The highest BCUT2D eigenvalue weighted by molar-refractivity contribution is 8.93. The normalized spacial score (nSPS) is 16.4. The lowest BCUT2D eigenvalue weighted by atomic mass is 10.1. The Morgan fingerprint density at radius 2 is 2.11 bits per heavy atom. The molecule has 1 aliphatic heterocycles. The number of aromatic nitrogens is 1. The van der Waals surface area contributed by atoms with E-state index in [0.29, 0.717) is 0 Å². The number of likely N-dealkylation sites (N-methyl/N-ethyl adjacent to an activating group) is 1. The number of rotatable bonds is 1. The van der Waals surface area contributed by atoms with Crippen LogP contribution >= 0.6 is 17.0 Å². The molecule has 0 fully saturated rings. The van der Waals surface area contributed by atoms with E-state index in [2.05, 4.69) is 29.1 Å². The van der Waals surface area contributed by atoms with Gasteiger partial charge in [-0.2, -0.15) is 0 Å². The molecule has 3 rings (SSSR count). The summed E-state index contributed by atoms with van der Waals surface area (Å²) in [5, 5.41) is 1.07. The average Bonchev–Trinajstić information content (AvgIpc) is 2.72. The number of nitrogens with zero attached hydrogens (tertiary/aromatic N) is 1. The maximum atomic E-state index is 13.1. The van der Waals surface area contributed by atoms with Gasteiger partial charge >= 0.3 is 0 Å². The summed E-state index contributed by atoms with van der Waals surface area (Å²) in [5.41, 5.74) is 3.33. The molecule has 0 aliphatic carbocycles. The van der Waals surface area contributed by atoms with Crippen LogP contribution in [0.15, 0.2) is 30.3 Å². The van der Waals surface area contributed by atoms with E-state index in [9.17, 15) is 4.39 Å². The zero-order valence-corrected chi connectivity index (χ0v) is 12.0. The second kappa shape index (κ2) is 5.24. The Labute approximate surface area is 116 Å². The maximum absolute atomic E-state index is 13.1. The molecule has 2 heterocycles. The summed E-state index contributed by atoms with van der Waals surface area (Å²) in [6.07, 6.45) is 3.29. The topological polar surface area (TPSA) is 19.0 Å². The SMILES string of the molecule is Br.CN1CC=C(c2cc3ccc(F)cc3[nH]2)CC1. The van der Waals surface area contributed by atoms with E-state index in [1.165, 1.54) is 11.6 Å². The molecule has 0 saturated carbocycles. The standard InChI is InChI=1S/C14H15FN2.BrH/c1-17-6-4-10(5-7-17)13-8-11-2-3-12(15)9-14(11)16-13;/h2-4,8-9,16H,5-7H2,1H3;1H. The molecule has 96 valence electrons. The van der Waals surface area contributed by atoms with Crippen molar-refractivity contribution >= 4 is 33.5 Å². The van der Waals surface area contributed by atoms with E-state index >= 15 is 0 Å². The van der Waals surface area contributed by atoms with Gasteiger partial charge in [0.1, 0.15) is 5.82 Å². The molecule has 1 aromatic carbocycles. The minimum atomic E-state index is -0.191. The van der Waals surface area contributed by atoms with Gasteiger partial charge in [-0.1, -0.05) is 6.08 Å². The lowest BCUT2D eigenvalue weighted by molar-refractivity contribution is 0.370. The zero-order chi connectivity index (χ0) is 11.8. The quantitative estimate of drug-likeness (QED) is 0.852. The third-order valence-corrected chi connectivity index (χ3v) is 3.34. The van der Waals surface area contributed by atoms with Gasteiger partial charge in [0.25, 0.3) is 0 Å². The summed E-state index contributed by atoms with van der Waals surface area (Å²) in [6, 6.07) is 6.98. The number of nitrogens with one attached hydrogen (secondary N) is 1. The summed E-state index contributed by atoms with van der Waals surface area (Å²) < 4.78 is 13.1. The van der Waals surface area contributed by atoms with Crippen LogP contribution in [0, 0.1) is 5.82 Å². The van der Waals surface area contributed by atoms with E-state index in [1.54, 1.807) is 6.07 Å². The average molecular weight is 311 g/mol. The van der Waals surface area contributed by atoms with E-state index in [-0.39, 0.29) is 22.8 Å². The highest BCUT2D eigenvalue weighted by Crippen LogP contribution is 2.25. The minimum Gasteiger partial charge on any atom is -0.355 e. The van der Waals surface area contributed by atoms with Crippen LogP contribution in [0.25, 0.3) is 16.5 Å². The van der Waals surface area contributed by atoms with Crippen LogP contribution in [0.5, 0.6) is 0 Å². The summed E-state index contributed by atoms with van der Waals surface area (Å²) >= 11 is 0. The molecule has 1 N–H and O–H groups in total. The fourth-order valence-corrected chi connectivity index (χ4v) is 2.29. The number of hydrogen-bond acceptors (Lipinski definition) is 1.